The summed E-state index contributed by atoms with van der Waals surface area (Å²) < 4.78 is 10.8. The summed E-state index contributed by atoms with van der Waals surface area (Å²) in [4.78, 5) is 34.5. The molecule has 0 spiro atoms. The Morgan fingerprint density at radius 1 is 1.11 bits per heavy atom. The Hall–Kier alpha value is -4.99. The Labute approximate surface area is 259 Å². The van der Waals surface area contributed by atoms with Crippen LogP contribution in [0.25, 0.3) is 16.4 Å². The van der Waals surface area contributed by atoms with Crippen LogP contribution in [0.15, 0.2) is 53.7 Å². The quantitative estimate of drug-likeness (QED) is 0.282. The molecular weight excluding hydrogens is 570 g/mol. The van der Waals surface area contributed by atoms with Crippen LogP contribution in [0.1, 0.15) is 58.7 Å². The number of nitrogens with one attached hydrogen (secondary N) is 1. The fraction of sp³-hybridized carbons (Fsp3) is 0.364. The van der Waals surface area contributed by atoms with Gasteiger partial charge < -0.3 is 20.4 Å². The number of carbonyl (C=O) groups is 1. The number of pyridine rings is 1. The molecule has 1 atom stereocenters. The van der Waals surface area contributed by atoms with Gasteiger partial charge in [0, 0.05) is 56.4 Å². The van der Waals surface area contributed by atoms with Gasteiger partial charge in [0.25, 0.3) is 11.5 Å². The number of anilines is 1. The molecule has 3 N–H and O–H groups in total. The van der Waals surface area contributed by atoms with Crippen molar-refractivity contribution in [2.24, 2.45) is 0 Å². The molecular formula is C33H35N9O3. The number of aryl methyl sites for hydroxylation is 1. The average molecular weight is 606 g/mol. The Balaban J connectivity index is 1.27. The summed E-state index contributed by atoms with van der Waals surface area (Å²) in [7, 11) is 0. The molecule has 1 saturated heterocycles. The van der Waals surface area contributed by atoms with Gasteiger partial charge in [-0.2, -0.15) is 5.10 Å². The lowest BCUT2D eigenvalue weighted by molar-refractivity contribution is 0.0361. The molecule has 6 heterocycles. The van der Waals surface area contributed by atoms with Crippen molar-refractivity contribution in [3.63, 3.8) is 0 Å². The summed E-state index contributed by atoms with van der Waals surface area (Å²) in [6.07, 6.45) is 8.31. The van der Waals surface area contributed by atoms with Crippen LogP contribution in [0.2, 0.25) is 0 Å². The molecule has 0 radical (unpaired) electrons. The molecule has 0 saturated carbocycles. The maximum absolute atomic E-state index is 14.4. The minimum absolute atomic E-state index is 0.0875. The summed E-state index contributed by atoms with van der Waals surface area (Å²) in [5.41, 5.74) is 9.97. The van der Waals surface area contributed by atoms with E-state index in [9.17, 15) is 9.59 Å². The third kappa shape index (κ3) is 5.56. The summed E-state index contributed by atoms with van der Waals surface area (Å²) in [5, 5.41) is 13.1. The topological polar surface area (TPSA) is 138 Å². The van der Waals surface area contributed by atoms with Gasteiger partial charge in [-0.05, 0) is 49.8 Å². The first-order valence-corrected chi connectivity index (χ1v) is 15.4. The molecule has 230 valence electrons. The molecule has 4 aromatic heterocycles. The van der Waals surface area contributed by atoms with Crippen LogP contribution in [0.5, 0.6) is 0 Å². The van der Waals surface area contributed by atoms with Gasteiger partial charge in [0.2, 0.25) is 0 Å². The number of nitrogens with two attached hydrogens (primary N) is 1. The van der Waals surface area contributed by atoms with Gasteiger partial charge >= 0.3 is 0 Å². The van der Waals surface area contributed by atoms with Gasteiger partial charge in [0.05, 0.1) is 42.1 Å². The number of rotatable bonds is 6. The molecule has 12 heteroatoms. The van der Waals surface area contributed by atoms with Crippen LogP contribution in [0, 0.1) is 11.8 Å². The average Bonchev–Trinajstić information content (AvgIpc) is 3.63. The molecule has 1 unspecified atom stereocenters. The molecule has 12 nitrogen and oxygen atoms in total. The monoisotopic (exact) mass is 605 g/mol. The molecule has 0 aliphatic carbocycles. The third-order valence-corrected chi connectivity index (χ3v) is 8.67. The highest BCUT2D eigenvalue weighted by Crippen LogP contribution is 2.23. The molecule has 1 fully saturated rings. The van der Waals surface area contributed by atoms with Crippen molar-refractivity contribution in [2.75, 3.05) is 38.6 Å². The number of aromatic nitrogens is 6. The number of nitrogens with zero attached hydrogens (tertiary/aromatic N) is 7. The summed E-state index contributed by atoms with van der Waals surface area (Å²) in [6.45, 7) is 6.84. The summed E-state index contributed by atoms with van der Waals surface area (Å²) in [6, 6.07) is 8.90. The first-order valence-electron chi connectivity index (χ1n) is 15.4. The second-order valence-electron chi connectivity index (χ2n) is 11.5. The first kappa shape index (κ1) is 28.8. The predicted octanol–water partition coefficient (Wildman–Crippen LogP) is 2.38. The smallest absolute Gasteiger partial charge is 0.260 e. The van der Waals surface area contributed by atoms with Gasteiger partial charge in [-0.15, -0.1) is 5.10 Å². The summed E-state index contributed by atoms with van der Waals surface area (Å²) in [5.74, 6) is 6.27. The largest absolute Gasteiger partial charge is 0.381 e. The van der Waals surface area contributed by atoms with Crippen molar-refractivity contribution in [2.45, 2.75) is 45.3 Å². The van der Waals surface area contributed by atoms with Crippen molar-refractivity contribution >= 4 is 28.1 Å². The van der Waals surface area contributed by atoms with E-state index in [0.29, 0.717) is 48.6 Å². The highest BCUT2D eigenvalue weighted by Gasteiger charge is 2.24. The van der Waals surface area contributed by atoms with Crippen LogP contribution in [0.4, 0.5) is 5.82 Å². The van der Waals surface area contributed by atoms with E-state index in [1.165, 1.54) is 4.52 Å². The molecule has 7 rings (SSSR count). The second-order valence-corrected chi connectivity index (χ2v) is 11.5. The Bertz CT molecular complexity index is 2020. The van der Waals surface area contributed by atoms with Crippen molar-refractivity contribution < 1.29 is 9.53 Å². The highest BCUT2D eigenvalue weighted by molar-refractivity contribution is 6.04. The molecule has 5 aromatic rings. The van der Waals surface area contributed by atoms with Crippen molar-refractivity contribution in [3.8, 4) is 11.8 Å². The number of hydrogen-bond acceptors (Lipinski definition) is 8. The van der Waals surface area contributed by atoms with Crippen LogP contribution in [-0.4, -0.2) is 72.6 Å². The number of nitrogen functional groups attached to an aromatic ring is 1. The molecule has 1 amide bonds. The van der Waals surface area contributed by atoms with Crippen molar-refractivity contribution in [3.05, 3.63) is 87.4 Å². The zero-order valence-corrected chi connectivity index (χ0v) is 25.2. The number of ether oxygens (including phenoxy) is 1. The number of morpholine rings is 1. The molecule has 1 aromatic carbocycles. The molecule has 2 aliphatic heterocycles. The SMILES string of the molecule is CC(NC(=O)c1c(N)nn2cccnc12)c1cc2cccc(C#Cc3cnn4c3CCCC4)c2c(=O)n1CCN1CCOCC1. The van der Waals surface area contributed by atoms with E-state index in [4.69, 9.17) is 10.5 Å². The van der Waals surface area contributed by atoms with Crippen LogP contribution < -0.4 is 16.6 Å². The van der Waals surface area contributed by atoms with E-state index in [0.717, 1.165) is 55.5 Å². The third-order valence-electron chi connectivity index (χ3n) is 8.67. The number of hydrogen-bond donors (Lipinski definition) is 2. The van der Waals surface area contributed by atoms with Gasteiger partial charge in [-0.25, -0.2) is 9.50 Å². The zero-order chi connectivity index (χ0) is 30.9. The number of amides is 1. The Morgan fingerprint density at radius 3 is 2.82 bits per heavy atom. The van der Waals surface area contributed by atoms with Crippen LogP contribution in [-0.2, 0) is 24.2 Å². The van der Waals surface area contributed by atoms with Crippen LogP contribution in [0.3, 0.4) is 0 Å². The van der Waals surface area contributed by atoms with Gasteiger partial charge in [-0.3, -0.25) is 19.2 Å². The van der Waals surface area contributed by atoms with Gasteiger partial charge in [-0.1, -0.05) is 24.0 Å². The normalized spacial score (nSPS) is 15.8. The lowest BCUT2D eigenvalue weighted by Gasteiger charge is -2.28. The number of fused-ring (bicyclic) bond motifs is 3. The lowest BCUT2D eigenvalue weighted by atomic mass is 10.0. The van der Waals surface area contributed by atoms with E-state index in [1.807, 2.05) is 42.1 Å². The Morgan fingerprint density at radius 2 is 1.96 bits per heavy atom. The number of benzene rings is 1. The standard InChI is InChI=1S/C33H35N9O3/c1-22(37-32(43)29-30(34)38-42-13-5-11-35-31(29)42)27-20-24-7-4-6-23(9-10-25-21-36-41-12-3-2-8-26(25)41)28(24)33(44)40(27)15-14-39-16-18-45-19-17-39/h4-7,11,13,20-22H,2-3,8,12,14-19H2,1H3,(H2,34,38)(H,37,43). The zero-order valence-electron chi connectivity index (χ0n) is 25.2. The van der Waals surface area contributed by atoms with Gasteiger partial charge in [0.15, 0.2) is 11.5 Å². The summed E-state index contributed by atoms with van der Waals surface area (Å²) >= 11 is 0. The molecule has 45 heavy (non-hydrogen) atoms. The number of carbonyl (C=O) groups excluding carboxylic acids is 1. The van der Waals surface area contributed by atoms with E-state index >= 15 is 0 Å². The van der Waals surface area contributed by atoms with Crippen molar-refractivity contribution in [1.29, 1.82) is 0 Å². The maximum atomic E-state index is 14.4. The Kier molecular flexibility index (Phi) is 7.79. The predicted molar refractivity (Wildman–Crippen MR) is 170 cm³/mol. The second kappa shape index (κ2) is 12.2. The van der Waals surface area contributed by atoms with E-state index in [1.54, 1.807) is 23.0 Å². The van der Waals surface area contributed by atoms with E-state index < -0.39 is 11.9 Å². The maximum Gasteiger partial charge on any atom is 0.260 e. The van der Waals surface area contributed by atoms with E-state index in [-0.39, 0.29) is 16.9 Å². The lowest BCUT2D eigenvalue weighted by Crippen LogP contribution is -2.40. The molecule has 0 bridgehead atoms. The highest BCUT2D eigenvalue weighted by atomic mass is 16.5. The van der Waals surface area contributed by atoms with E-state index in [2.05, 4.69) is 37.2 Å². The van der Waals surface area contributed by atoms with Crippen LogP contribution >= 0.6 is 0 Å². The fourth-order valence-corrected chi connectivity index (χ4v) is 6.30. The molecule has 2 aliphatic rings. The van der Waals surface area contributed by atoms with Gasteiger partial charge in [0.1, 0.15) is 5.56 Å². The first-order chi connectivity index (χ1) is 22.0. The van der Waals surface area contributed by atoms with Crippen molar-refractivity contribution in [1.82, 2.24) is 39.2 Å². The fourth-order valence-electron chi connectivity index (χ4n) is 6.30. The minimum atomic E-state index is -0.522. The minimum Gasteiger partial charge on any atom is -0.381 e.